The van der Waals surface area contributed by atoms with E-state index in [9.17, 15) is 10.0 Å². The first-order valence-corrected chi connectivity index (χ1v) is 47.5. The first kappa shape index (κ1) is 86.5. The molecule has 646 valence electrons. The minimum Gasteiger partial charge on any atom is -0.456 e. The predicted octanol–water partition coefficient (Wildman–Crippen LogP) is 32.1. The van der Waals surface area contributed by atoms with Crippen molar-refractivity contribution in [1.29, 1.82) is 0 Å². The van der Waals surface area contributed by atoms with Gasteiger partial charge in [0, 0.05) is 83.1 Å². The lowest BCUT2D eigenvalue weighted by atomic mass is 9.77. The number of furan rings is 3. The standard InChI is InChI=1S/C48H31NO.C36H32BNO2.C18H11BrO.C12H9BO3.C6H4BrI/c1-3-14-32(15-4-1)34-26-28-44-41(30-34)42-31-35(33-16-5-2-6-17-33)27-29-45(42)49(44)43-23-11-9-20-38(43)36-18-7-8-19-37(36)39-22-13-25-47-48(39)40-21-10-12-24-46(40)50-47;1-35(2)36(3,4)40-37(39-35)31-17-11-12-18-34(31)38-32-21-19-27(25-13-7-5-8-14-25)23-29(32)30-24-28(20-22-33(30)38)26-15-9-6-10-16-26;19-15-9-3-1-6-12(15)13-8-5-11-17-18(13)14-7-2-4-10-16(14)20-17;14-13(15)9-5-3-7-11-12(9)8-4-1-2-6-10(8)16-11;7-5-3-1-2-4-6(5)8/h1-31H;5-24H,1-4H3;1-11H;1-7,14-15H;1-4H. The molecule has 1 aliphatic rings. The maximum absolute atomic E-state index is 9.31. The quantitative estimate of drug-likeness (QED) is 0.0981. The Balaban J connectivity index is 0.000000113. The maximum Gasteiger partial charge on any atom is 0.496 e. The number of nitrogens with zero attached hydrogens (tertiary/aromatic N) is 2. The highest BCUT2D eigenvalue weighted by molar-refractivity contribution is 14.1. The van der Waals surface area contributed by atoms with Gasteiger partial charge in [-0.3, -0.25) is 0 Å². The second-order valence-electron chi connectivity index (χ2n) is 34.4. The summed E-state index contributed by atoms with van der Waals surface area (Å²) < 4.78 is 39.3. The van der Waals surface area contributed by atoms with Crippen molar-refractivity contribution in [3.63, 3.8) is 0 Å². The van der Waals surface area contributed by atoms with Crippen LogP contribution in [0.15, 0.2) is 465 Å². The summed E-state index contributed by atoms with van der Waals surface area (Å²) in [6, 6.07) is 154. The second kappa shape index (κ2) is 37.1. The van der Waals surface area contributed by atoms with Gasteiger partial charge in [-0.05, 0) is 259 Å². The fourth-order valence-electron chi connectivity index (χ4n) is 18.7. The van der Waals surface area contributed by atoms with E-state index in [1.807, 2.05) is 91.0 Å². The smallest absolute Gasteiger partial charge is 0.456 e. The number of benzene rings is 19. The predicted molar refractivity (Wildman–Crippen MR) is 574 cm³/mol. The Kier molecular flexibility index (Phi) is 24.0. The van der Waals surface area contributed by atoms with Crippen molar-refractivity contribution in [2.45, 2.75) is 38.9 Å². The minimum atomic E-state index is -1.48. The van der Waals surface area contributed by atoms with E-state index in [1.165, 1.54) is 124 Å². The van der Waals surface area contributed by atoms with E-state index in [1.54, 1.807) is 12.1 Å². The fourth-order valence-corrected chi connectivity index (χ4v) is 19.8. The number of halogens is 3. The summed E-state index contributed by atoms with van der Waals surface area (Å²) >= 11 is 9.31. The van der Waals surface area contributed by atoms with Gasteiger partial charge < -0.3 is 41.7 Å². The number of hydrogen-bond donors (Lipinski definition) is 2. The molecule has 5 aromatic heterocycles. The number of rotatable bonds is 11. The molecule has 14 heteroatoms. The summed E-state index contributed by atoms with van der Waals surface area (Å²) in [4.78, 5) is 0. The number of hydrogen-bond acceptors (Lipinski definition) is 7. The Hall–Kier alpha value is -14.2. The number of para-hydroxylation sites is 5. The van der Waals surface area contributed by atoms with Crippen molar-refractivity contribution < 1.29 is 32.6 Å². The average molecular weight is 1980 g/mol. The van der Waals surface area contributed by atoms with Gasteiger partial charge in [0.05, 0.1) is 39.0 Å². The van der Waals surface area contributed by atoms with Gasteiger partial charge in [-0.15, -0.1) is 0 Å². The molecule has 0 unspecified atom stereocenters. The van der Waals surface area contributed by atoms with Crippen LogP contribution in [0.3, 0.4) is 0 Å². The largest absolute Gasteiger partial charge is 0.496 e. The zero-order valence-electron chi connectivity index (χ0n) is 73.8. The summed E-state index contributed by atoms with van der Waals surface area (Å²) in [5.41, 5.74) is 29.4. The monoisotopic (exact) mass is 1970 g/mol. The van der Waals surface area contributed by atoms with Gasteiger partial charge >= 0.3 is 14.2 Å². The van der Waals surface area contributed by atoms with E-state index in [2.05, 4.69) is 431 Å². The van der Waals surface area contributed by atoms with Crippen LogP contribution in [0.5, 0.6) is 0 Å². The third-order valence-corrected chi connectivity index (χ3v) is 28.9. The maximum atomic E-state index is 9.31. The van der Waals surface area contributed by atoms with Crippen LogP contribution in [0, 0.1) is 3.57 Å². The van der Waals surface area contributed by atoms with Gasteiger partial charge in [0.15, 0.2) is 0 Å². The van der Waals surface area contributed by atoms with Crippen LogP contribution in [0.1, 0.15) is 27.7 Å². The topological polar surface area (TPSA) is 108 Å². The molecule has 1 aliphatic heterocycles. The van der Waals surface area contributed by atoms with Crippen LogP contribution in [0.25, 0.3) is 199 Å². The van der Waals surface area contributed by atoms with Crippen LogP contribution >= 0.6 is 54.5 Å². The van der Waals surface area contributed by atoms with Crippen LogP contribution in [0.2, 0.25) is 0 Å². The van der Waals surface area contributed by atoms with Crippen LogP contribution < -0.4 is 10.9 Å². The highest BCUT2D eigenvalue weighted by atomic mass is 127. The van der Waals surface area contributed by atoms with Crippen molar-refractivity contribution >= 4 is 189 Å². The molecule has 0 spiro atoms. The molecule has 0 aliphatic carbocycles. The molecule has 0 amide bonds. The Morgan fingerprint density at radius 1 is 0.261 bits per heavy atom. The van der Waals surface area contributed by atoms with E-state index in [0.717, 1.165) is 87.2 Å². The lowest BCUT2D eigenvalue weighted by Crippen LogP contribution is -2.41. The molecule has 0 atom stereocenters. The number of fused-ring (bicyclic) bond motifs is 15. The SMILES string of the molecule is Brc1ccccc1-c1cccc2oc3ccccc3c12.Brc1ccccc1I.CC1(C)OB(c2ccccc2-n2c3ccc(-c4ccccc4)cc3c3cc(-c4ccccc4)ccc32)OC1(C)C.OB(O)c1cccc2oc3ccccc3c12.c1ccc(-c2ccc3c(c2)c2cc(-c4ccccc4)ccc2n3-c2ccccc2-c2ccccc2-c2cccc3oc4ccccc4c23)cc1. The molecule has 24 aromatic rings. The van der Waals surface area contributed by atoms with Gasteiger partial charge in [0.25, 0.3) is 0 Å². The zero-order chi connectivity index (χ0) is 91.1. The summed E-state index contributed by atoms with van der Waals surface area (Å²) in [5.74, 6) is 0. The Morgan fingerprint density at radius 3 is 0.978 bits per heavy atom. The third kappa shape index (κ3) is 16.6. The van der Waals surface area contributed by atoms with Crippen LogP contribution in [0.4, 0.5) is 0 Å². The summed E-state index contributed by atoms with van der Waals surface area (Å²) in [7, 11) is -1.94. The first-order valence-electron chi connectivity index (χ1n) is 44.8. The molecule has 19 aromatic carbocycles. The fraction of sp³-hybridized carbons (Fsp3) is 0.0500. The summed E-state index contributed by atoms with van der Waals surface area (Å²) in [6.45, 7) is 8.41. The highest BCUT2D eigenvalue weighted by Crippen LogP contribution is 2.47. The Morgan fingerprint density at radius 2 is 0.567 bits per heavy atom. The summed E-state index contributed by atoms with van der Waals surface area (Å²) in [5, 5.41) is 29.8. The Labute approximate surface area is 807 Å². The van der Waals surface area contributed by atoms with Crippen LogP contribution in [-0.4, -0.2) is 44.6 Å². The van der Waals surface area contributed by atoms with Crippen molar-refractivity contribution in [1.82, 2.24) is 9.13 Å². The lowest BCUT2D eigenvalue weighted by Gasteiger charge is -2.32. The highest BCUT2D eigenvalue weighted by Gasteiger charge is 2.52. The molecular weight excluding hydrogens is 1890 g/mol. The second-order valence-corrected chi connectivity index (χ2v) is 37.3. The van der Waals surface area contributed by atoms with E-state index in [4.69, 9.17) is 22.6 Å². The Bertz CT molecular complexity index is 8270. The minimum absolute atomic E-state index is 0.416. The molecule has 1 fully saturated rings. The van der Waals surface area contributed by atoms with Crippen molar-refractivity contribution in [2.75, 3.05) is 0 Å². The lowest BCUT2D eigenvalue weighted by molar-refractivity contribution is 0.00578. The molecule has 134 heavy (non-hydrogen) atoms. The van der Waals surface area contributed by atoms with Crippen molar-refractivity contribution in [3.05, 3.63) is 455 Å². The summed E-state index contributed by atoms with van der Waals surface area (Å²) in [6.07, 6.45) is 0. The molecule has 25 rings (SSSR count). The molecule has 6 heterocycles. The molecule has 0 radical (unpaired) electrons. The van der Waals surface area contributed by atoms with Crippen LogP contribution in [-0.2, 0) is 9.31 Å². The van der Waals surface area contributed by atoms with E-state index in [-0.39, 0.29) is 0 Å². The van der Waals surface area contributed by atoms with E-state index >= 15 is 0 Å². The molecule has 9 nitrogen and oxygen atoms in total. The van der Waals surface area contributed by atoms with E-state index in [0.29, 0.717) is 11.0 Å². The van der Waals surface area contributed by atoms with Gasteiger partial charge in [-0.25, -0.2) is 0 Å². The van der Waals surface area contributed by atoms with Crippen molar-refractivity contribution in [3.8, 4) is 89.3 Å². The molecule has 0 saturated carbocycles. The normalized spacial score (nSPS) is 12.7. The average Bonchev–Trinajstić information content (AvgIpc) is 1.57. The third-order valence-electron chi connectivity index (χ3n) is 25.8. The molecule has 0 bridgehead atoms. The van der Waals surface area contributed by atoms with Gasteiger partial charge in [-0.1, -0.05) is 344 Å². The molecule has 1 saturated heterocycles. The molecular formula is C120H87B2Br2IN2O7. The molecule has 2 N–H and O–H groups in total. The first-order chi connectivity index (χ1) is 65.6. The van der Waals surface area contributed by atoms with Gasteiger partial charge in [0.1, 0.15) is 33.5 Å². The van der Waals surface area contributed by atoms with E-state index < -0.39 is 25.4 Å². The van der Waals surface area contributed by atoms with Gasteiger partial charge in [0.2, 0.25) is 0 Å². The van der Waals surface area contributed by atoms with Gasteiger partial charge in [-0.2, -0.15) is 0 Å². The van der Waals surface area contributed by atoms with Crippen molar-refractivity contribution in [2.24, 2.45) is 0 Å². The number of aromatic nitrogens is 2. The zero-order valence-corrected chi connectivity index (χ0v) is 79.1.